The SMILES string of the molecule is O=[N+]([O-])[C@]12C3C(Sc4ccc(Cl)cc4)[C@@H](C[C@@H]31)[C@H]2c1ccccc1. The zero-order valence-corrected chi connectivity index (χ0v) is 14.4. The lowest BCUT2D eigenvalue weighted by Gasteiger charge is -2.20. The van der Waals surface area contributed by atoms with Crippen LogP contribution in [0.4, 0.5) is 0 Å². The summed E-state index contributed by atoms with van der Waals surface area (Å²) >= 11 is 7.78. The molecule has 4 aliphatic rings. The minimum Gasteiger partial charge on any atom is -0.264 e. The molecule has 4 bridgehead atoms. The van der Waals surface area contributed by atoms with E-state index in [4.69, 9.17) is 11.6 Å². The Balaban J connectivity index is 1.51. The fourth-order valence-corrected chi connectivity index (χ4v) is 7.23. The zero-order chi connectivity index (χ0) is 16.5. The lowest BCUT2D eigenvalue weighted by molar-refractivity contribution is -0.545. The summed E-state index contributed by atoms with van der Waals surface area (Å²) in [6.45, 7) is 0. The third kappa shape index (κ3) is 1.76. The molecule has 4 aliphatic carbocycles. The summed E-state index contributed by atoms with van der Waals surface area (Å²) in [6.07, 6.45) is 0.996. The van der Waals surface area contributed by atoms with Crippen LogP contribution in [0.15, 0.2) is 59.5 Å². The second kappa shape index (κ2) is 4.99. The Morgan fingerprint density at radius 1 is 1.12 bits per heavy atom. The molecule has 2 aromatic rings. The van der Waals surface area contributed by atoms with Crippen LogP contribution in [-0.4, -0.2) is 15.7 Å². The maximum absolute atomic E-state index is 12.0. The van der Waals surface area contributed by atoms with Gasteiger partial charge < -0.3 is 0 Å². The molecule has 6 atom stereocenters. The Morgan fingerprint density at radius 2 is 1.83 bits per heavy atom. The molecule has 0 amide bonds. The molecule has 2 aromatic carbocycles. The van der Waals surface area contributed by atoms with E-state index in [-0.39, 0.29) is 22.7 Å². The van der Waals surface area contributed by atoms with Gasteiger partial charge in [-0.15, -0.1) is 11.8 Å². The van der Waals surface area contributed by atoms with E-state index in [0.717, 1.165) is 21.9 Å². The number of nitro groups is 1. The quantitative estimate of drug-likeness (QED) is 0.578. The van der Waals surface area contributed by atoms with Crippen LogP contribution in [0.3, 0.4) is 0 Å². The number of thioether (sulfide) groups is 1. The summed E-state index contributed by atoms with van der Waals surface area (Å²) in [6, 6.07) is 17.9. The second-order valence-electron chi connectivity index (χ2n) is 7.10. The highest BCUT2D eigenvalue weighted by molar-refractivity contribution is 8.00. The predicted octanol–water partition coefficient (Wildman–Crippen LogP) is 4.88. The van der Waals surface area contributed by atoms with E-state index >= 15 is 0 Å². The average molecular weight is 358 g/mol. The van der Waals surface area contributed by atoms with Crippen molar-refractivity contribution in [3.8, 4) is 0 Å². The molecule has 4 saturated carbocycles. The normalized spacial score (nSPS) is 38.3. The van der Waals surface area contributed by atoms with Gasteiger partial charge in [0.05, 0.1) is 11.8 Å². The first-order valence-electron chi connectivity index (χ1n) is 8.25. The molecule has 2 unspecified atom stereocenters. The van der Waals surface area contributed by atoms with Crippen molar-refractivity contribution in [2.75, 3.05) is 0 Å². The first kappa shape index (κ1) is 14.8. The molecular weight excluding hydrogens is 342 g/mol. The van der Waals surface area contributed by atoms with Crippen molar-refractivity contribution in [2.45, 2.75) is 28.0 Å². The first-order valence-corrected chi connectivity index (χ1v) is 9.51. The lowest BCUT2D eigenvalue weighted by Crippen LogP contribution is -2.29. The predicted molar refractivity (Wildman–Crippen MR) is 95.1 cm³/mol. The zero-order valence-electron chi connectivity index (χ0n) is 12.8. The van der Waals surface area contributed by atoms with Crippen molar-refractivity contribution in [2.24, 2.45) is 17.8 Å². The van der Waals surface area contributed by atoms with Crippen LogP contribution in [0.2, 0.25) is 5.02 Å². The van der Waals surface area contributed by atoms with Crippen LogP contribution < -0.4 is 0 Å². The summed E-state index contributed by atoms with van der Waals surface area (Å²) in [4.78, 5) is 13.2. The second-order valence-corrected chi connectivity index (χ2v) is 8.79. The van der Waals surface area contributed by atoms with E-state index in [2.05, 4.69) is 12.1 Å². The van der Waals surface area contributed by atoms with Gasteiger partial charge in [-0.3, -0.25) is 10.1 Å². The van der Waals surface area contributed by atoms with E-state index in [1.54, 1.807) is 0 Å². The molecule has 0 spiro atoms. The maximum atomic E-state index is 12.0. The molecule has 0 heterocycles. The first-order chi connectivity index (χ1) is 11.6. The van der Waals surface area contributed by atoms with Gasteiger partial charge >= 0.3 is 0 Å². The van der Waals surface area contributed by atoms with Crippen LogP contribution >= 0.6 is 23.4 Å². The summed E-state index contributed by atoms with van der Waals surface area (Å²) in [5.74, 6) is 0.929. The van der Waals surface area contributed by atoms with E-state index in [9.17, 15) is 10.1 Å². The van der Waals surface area contributed by atoms with Crippen molar-refractivity contribution < 1.29 is 4.92 Å². The Morgan fingerprint density at radius 3 is 2.50 bits per heavy atom. The van der Waals surface area contributed by atoms with Crippen LogP contribution in [-0.2, 0) is 0 Å². The van der Waals surface area contributed by atoms with Crippen molar-refractivity contribution >= 4 is 23.4 Å². The van der Waals surface area contributed by atoms with Crippen molar-refractivity contribution in [1.29, 1.82) is 0 Å². The standard InChI is InChI=1S/C19H16ClNO2S/c20-12-6-8-13(9-7-12)24-18-14-10-15-17(18)19(15,21(22)23)16(14)11-4-2-1-3-5-11/h1-9,14-18H,10H2/t14-,15-,16+,17?,18?,19+/m0/s1. The smallest absolute Gasteiger partial charge is 0.237 e. The van der Waals surface area contributed by atoms with Crippen molar-refractivity contribution in [3.05, 3.63) is 75.3 Å². The van der Waals surface area contributed by atoms with Gasteiger partial charge in [0.2, 0.25) is 5.54 Å². The minimum atomic E-state index is -0.712. The van der Waals surface area contributed by atoms with Gasteiger partial charge in [-0.2, -0.15) is 0 Å². The number of halogens is 1. The highest BCUT2D eigenvalue weighted by Gasteiger charge is 2.92. The highest BCUT2D eigenvalue weighted by Crippen LogP contribution is 2.82. The molecular formula is C19H16ClNO2S. The monoisotopic (exact) mass is 357 g/mol. The van der Waals surface area contributed by atoms with E-state index in [0.29, 0.717) is 11.2 Å². The molecule has 0 aromatic heterocycles. The molecule has 0 radical (unpaired) electrons. The molecule has 0 N–H and O–H groups in total. The minimum absolute atomic E-state index is 0.0441. The summed E-state index contributed by atoms with van der Waals surface area (Å²) in [5, 5.41) is 13.1. The Kier molecular flexibility index (Phi) is 3.08. The van der Waals surface area contributed by atoms with E-state index in [1.165, 1.54) is 0 Å². The topological polar surface area (TPSA) is 43.1 Å². The maximum Gasteiger partial charge on any atom is 0.237 e. The van der Waals surface area contributed by atoms with Gasteiger partial charge in [0.25, 0.3) is 0 Å². The number of hydrogen-bond acceptors (Lipinski definition) is 3. The summed E-state index contributed by atoms with van der Waals surface area (Å²) in [7, 11) is 0. The Hall–Kier alpha value is -1.52. The van der Waals surface area contributed by atoms with Gasteiger partial charge in [-0.05, 0) is 42.2 Å². The van der Waals surface area contributed by atoms with Crippen LogP contribution in [0.1, 0.15) is 17.9 Å². The van der Waals surface area contributed by atoms with Gasteiger partial charge in [-0.1, -0.05) is 41.9 Å². The number of hydrogen-bond donors (Lipinski definition) is 0. The summed E-state index contributed by atoms with van der Waals surface area (Å²) in [5.41, 5.74) is 0.430. The molecule has 5 heteroatoms. The fourth-order valence-electron chi connectivity index (χ4n) is 5.50. The van der Waals surface area contributed by atoms with Gasteiger partial charge in [0.1, 0.15) is 0 Å². The Bertz CT molecular complexity index is 812. The third-order valence-electron chi connectivity index (χ3n) is 6.24. The third-order valence-corrected chi connectivity index (χ3v) is 7.95. The molecule has 6 rings (SSSR count). The molecule has 0 aliphatic heterocycles. The molecule has 0 saturated heterocycles. The van der Waals surface area contributed by atoms with Gasteiger partial charge in [0, 0.05) is 26.0 Å². The fraction of sp³-hybridized carbons (Fsp3) is 0.368. The van der Waals surface area contributed by atoms with Crippen LogP contribution in [0.25, 0.3) is 0 Å². The molecule has 4 fully saturated rings. The Labute approximate surface area is 149 Å². The van der Waals surface area contributed by atoms with E-state index < -0.39 is 5.54 Å². The lowest BCUT2D eigenvalue weighted by atomic mass is 9.87. The average Bonchev–Trinajstić information content (AvgIpc) is 2.85. The van der Waals surface area contributed by atoms with Gasteiger partial charge in [-0.25, -0.2) is 0 Å². The van der Waals surface area contributed by atoms with Crippen LogP contribution in [0.5, 0.6) is 0 Å². The van der Waals surface area contributed by atoms with Crippen LogP contribution in [0, 0.1) is 27.9 Å². The number of benzene rings is 2. The van der Waals surface area contributed by atoms with Gasteiger partial charge in [0.15, 0.2) is 0 Å². The number of rotatable bonds is 4. The van der Waals surface area contributed by atoms with E-state index in [1.807, 2.05) is 54.2 Å². The molecule has 122 valence electrons. The van der Waals surface area contributed by atoms with Crippen molar-refractivity contribution in [3.63, 3.8) is 0 Å². The largest absolute Gasteiger partial charge is 0.264 e. The molecule has 24 heavy (non-hydrogen) atoms. The molecule has 3 nitrogen and oxygen atoms in total. The van der Waals surface area contributed by atoms with Crippen molar-refractivity contribution in [1.82, 2.24) is 0 Å². The number of nitrogens with zero attached hydrogens (tertiary/aromatic N) is 1. The summed E-state index contributed by atoms with van der Waals surface area (Å²) < 4.78 is 0. The highest BCUT2D eigenvalue weighted by atomic mass is 35.5.